The fourth-order valence-corrected chi connectivity index (χ4v) is 16.1. The minimum atomic E-state index is -1.84. The average molecular weight is 1080 g/mol. The highest BCUT2D eigenvalue weighted by atomic mass is 16.8. The molecule has 4 heterocycles. The summed E-state index contributed by atoms with van der Waals surface area (Å²) in [6, 6.07) is 0. The van der Waals surface area contributed by atoms with Gasteiger partial charge in [-0.1, -0.05) is 46.3 Å². The van der Waals surface area contributed by atoms with Crippen molar-refractivity contribution >= 4 is 0 Å². The zero-order valence-electron chi connectivity index (χ0n) is 44.9. The van der Waals surface area contributed by atoms with E-state index in [9.17, 15) is 71.5 Å². The molecule has 75 heavy (non-hydrogen) atoms. The van der Waals surface area contributed by atoms with Gasteiger partial charge in [-0.2, -0.15) is 0 Å². The van der Waals surface area contributed by atoms with Gasteiger partial charge in [0.1, 0.15) is 85.5 Å². The summed E-state index contributed by atoms with van der Waals surface area (Å²) in [4.78, 5) is 0. The second-order valence-corrected chi connectivity index (χ2v) is 25.4. The number of hydrogen-bond acceptors (Lipinski definition) is 22. The van der Waals surface area contributed by atoms with Crippen LogP contribution in [-0.4, -0.2) is 232 Å². The third kappa shape index (κ3) is 10.4. The molecule has 30 atom stereocenters. The zero-order chi connectivity index (χ0) is 55.2. The van der Waals surface area contributed by atoms with E-state index in [0.717, 1.165) is 5.57 Å². The molecule has 4 aliphatic carbocycles. The summed E-state index contributed by atoms with van der Waals surface area (Å²) < 4.78 is 50.4. The van der Waals surface area contributed by atoms with Crippen molar-refractivity contribution in [2.45, 2.75) is 254 Å². The van der Waals surface area contributed by atoms with Crippen LogP contribution in [0.15, 0.2) is 11.6 Å². The molecule has 0 spiro atoms. The maximum Gasteiger partial charge on any atom is 0.187 e. The van der Waals surface area contributed by atoms with E-state index < -0.39 is 194 Å². The van der Waals surface area contributed by atoms with E-state index in [2.05, 4.69) is 26.8 Å². The molecule has 8 rings (SSSR count). The Labute approximate surface area is 439 Å². The molecular weight excluding hydrogens is 989 g/mol. The molecule has 0 aromatic heterocycles. The highest BCUT2D eigenvalue weighted by Gasteiger charge is 2.74. The largest absolute Gasteiger partial charge is 0.394 e. The molecule has 4 aliphatic heterocycles. The minimum Gasteiger partial charge on any atom is -0.394 e. The lowest BCUT2D eigenvalue weighted by molar-refractivity contribution is -0.395. The zero-order valence-corrected chi connectivity index (χ0v) is 44.9. The maximum atomic E-state index is 12.9. The van der Waals surface area contributed by atoms with Gasteiger partial charge in [-0.25, -0.2) is 0 Å². The number of aliphatic hydroxyl groups excluding tert-OH is 14. The van der Waals surface area contributed by atoms with Crippen LogP contribution in [0.3, 0.4) is 0 Å². The molecule has 8 fully saturated rings. The third-order valence-electron chi connectivity index (χ3n) is 20.4. The van der Waals surface area contributed by atoms with E-state index >= 15 is 0 Å². The summed E-state index contributed by atoms with van der Waals surface area (Å²) >= 11 is 0. The van der Waals surface area contributed by atoms with Crippen molar-refractivity contribution in [1.29, 1.82) is 0 Å². The number of allylic oxidation sites excluding steroid dienone is 2. The van der Waals surface area contributed by atoms with E-state index in [0.29, 0.717) is 51.4 Å². The summed E-state index contributed by atoms with van der Waals surface area (Å²) in [5, 5.41) is 155. The van der Waals surface area contributed by atoms with Gasteiger partial charge in [0.15, 0.2) is 25.2 Å². The molecule has 0 unspecified atom stereocenters. The highest BCUT2D eigenvalue weighted by Crippen LogP contribution is 2.76. The minimum absolute atomic E-state index is 0.149. The number of aliphatic hydroxyl groups is 14. The normalized spacial score (nSPS) is 53.7. The molecule has 434 valence electrons. The van der Waals surface area contributed by atoms with E-state index in [1.807, 2.05) is 34.6 Å². The summed E-state index contributed by atoms with van der Waals surface area (Å²) in [5.74, 6) is -1.37. The van der Waals surface area contributed by atoms with Gasteiger partial charge >= 0.3 is 0 Å². The third-order valence-corrected chi connectivity index (χ3v) is 20.4. The van der Waals surface area contributed by atoms with Crippen LogP contribution in [0.2, 0.25) is 0 Å². The van der Waals surface area contributed by atoms with Crippen LogP contribution < -0.4 is 0 Å². The monoisotopic (exact) mass is 1080 g/mol. The molecule has 14 N–H and O–H groups in total. The summed E-state index contributed by atoms with van der Waals surface area (Å²) in [5.41, 5.74) is -2.80. The van der Waals surface area contributed by atoms with E-state index in [1.165, 1.54) is 6.92 Å². The Hall–Kier alpha value is -1.14. The number of rotatable bonds is 14. The molecule has 0 radical (unpaired) electrons. The standard InChI is InChI=1S/C53H90O22/c1-22(2)11-10-14-53(9,75-47-40(66)37(63)35(61)28(19-54)71-47)24-12-16-51(7)32(24)25(56)17-30-50(6)15-13-31(58)49(4,5)44(50)27(18-52(30,51)8)70-48-43(74-46-39(65)36(62)33(59)23(3)69-46)41(67)42(29(20-55)72-48)73-45-38(64)34(60)26(57)21-68-45/h11,23-48,54-67H,10,12-21H2,1-9H3/t23-,24-,25+,26+,27-,28+,29+,30+,31-,32-,33-,34-,35+,36+,37-,38+,39+,40+,41-,42+,43+,44-,45-,46-,47-,48+,50+,51+,52+,53-/m0/s1. The first-order valence-electron chi connectivity index (χ1n) is 27.2. The van der Waals surface area contributed by atoms with Gasteiger partial charge in [0.2, 0.25) is 0 Å². The Morgan fingerprint density at radius 3 is 1.89 bits per heavy atom. The Morgan fingerprint density at radius 2 is 1.24 bits per heavy atom. The molecule has 8 aliphatic rings. The number of fused-ring (bicyclic) bond motifs is 5. The van der Waals surface area contributed by atoms with Crippen LogP contribution in [0, 0.1) is 45.3 Å². The van der Waals surface area contributed by atoms with Crippen molar-refractivity contribution < 1.29 is 109 Å². The quantitative estimate of drug-likeness (QED) is 0.0691. The maximum absolute atomic E-state index is 12.9. The van der Waals surface area contributed by atoms with E-state index in [-0.39, 0.29) is 11.8 Å². The first-order valence-corrected chi connectivity index (χ1v) is 27.2. The topological polar surface area (TPSA) is 357 Å². The van der Waals surface area contributed by atoms with Crippen molar-refractivity contribution in [2.24, 2.45) is 45.3 Å². The van der Waals surface area contributed by atoms with Gasteiger partial charge in [0.25, 0.3) is 0 Å². The molecule has 0 bridgehead atoms. The summed E-state index contributed by atoms with van der Waals surface area (Å²) in [6.07, 6.45) is -26.5. The van der Waals surface area contributed by atoms with Crippen LogP contribution in [0.1, 0.15) is 114 Å². The van der Waals surface area contributed by atoms with Crippen molar-refractivity contribution in [1.82, 2.24) is 0 Å². The first kappa shape index (κ1) is 60.0. The fraction of sp³-hybridized carbons (Fsp3) is 0.962. The molecule has 0 amide bonds. The molecule has 0 aromatic rings. The number of hydrogen-bond donors (Lipinski definition) is 14. The molecule has 4 saturated carbocycles. The van der Waals surface area contributed by atoms with Gasteiger partial charge in [-0.15, -0.1) is 0 Å². The van der Waals surface area contributed by atoms with Gasteiger partial charge in [0.05, 0.1) is 49.8 Å². The Balaban J connectivity index is 1.17. The van der Waals surface area contributed by atoms with Crippen molar-refractivity contribution in [3.63, 3.8) is 0 Å². The highest BCUT2D eigenvalue weighted by molar-refractivity contribution is 5.22. The predicted octanol–water partition coefficient (Wildman–Crippen LogP) is -1.57. The number of ether oxygens (including phenoxy) is 8. The molecule has 0 aromatic carbocycles. The van der Waals surface area contributed by atoms with Crippen LogP contribution in [0.25, 0.3) is 0 Å². The first-order chi connectivity index (χ1) is 35.0. The van der Waals surface area contributed by atoms with Gasteiger partial charge < -0.3 is 109 Å². The lowest BCUT2D eigenvalue weighted by Crippen LogP contribution is -2.71. The van der Waals surface area contributed by atoms with E-state index in [1.54, 1.807) is 0 Å². The van der Waals surface area contributed by atoms with Crippen LogP contribution in [0.5, 0.6) is 0 Å². The molecular formula is C53H90O22. The van der Waals surface area contributed by atoms with Crippen LogP contribution >= 0.6 is 0 Å². The van der Waals surface area contributed by atoms with Crippen LogP contribution in [-0.2, 0) is 37.9 Å². The lowest BCUT2D eigenvalue weighted by Gasteiger charge is -2.72. The predicted molar refractivity (Wildman–Crippen MR) is 260 cm³/mol. The summed E-state index contributed by atoms with van der Waals surface area (Å²) in [6.45, 7) is 16.1. The Morgan fingerprint density at radius 1 is 0.627 bits per heavy atom. The van der Waals surface area contributed by atoms with Crippen molar-refractivity contribution in [3.05, 3.63) is 11.6 Å². The second kappa shape index (κ2) is 22.3. The van der Waals surface area contributed by atoms with Gasteiger partial charge in [0, 0.05) is 0 Å². The van der Waals surface area contributed by atoms with Crippen LogP contribution in [0.4, 0.5) is 0 Å². The van der Waals surface area contributed by atoms with Gasteiger partial charge in [-0.3, -0.25) is 0 Å². The van der Waals surface area contributed by atoms with Crippen molar-refractivity contribution in [3.8, 4) is 0 Å². The summed E-state index contributed by atoms with van der Waals surface area (Å²) in [7, 11) is 0. The Kier molecular flexibility index (Phi) is 17.8. The average Bonchev–Trinajstić information content (AvgIpc) is 3.79. The molecule has 22 heteroatoms. The Bertz CT molecular complexity index is 1960. The lowest BCUT2D eigenvalue weighted by atomic mass is 9.34. The van der Waals surface area contributed by atoms with Gasteiger partial charge in [-0.05, 0) is 124 Å². The smallest absolute Gasteiger partial charge is 0.187 e. The second-order valence-electron chi connectivity index (χ2n) is 25.4. The fourth-order valence-electron chi connectivity index (χ4n) is 16.1. The SMILES string of the molecule is CC(C)=CCC[C@](C)(O[C@@H]1O[C@H](CO)[C@@H](O)[C@H](O)[C@H]1O)[C@H]1CC[C@]2(C)[C@@H]1[C@H](O)C[C@@H]1[C@@]3(C)CC[C@H](O)C(C)(C)[C@@H]3[C@@H](O[C@@H]3O[C@H](CO)[C@@H](O[C@@H]4OC[C@@H](O)[C@H](O)[C@H]4O)[C@H](O)[C@H]3O[C@@H]3O[C@@H](C)[C@H](O)[C@@H](O)[C@H]3O)C[C@]12C. The van der Waals surface area contributed by atoms with E-state index in [4.69, 9.17) is 37.9 Å². The van der Waals surface area contributed by atoms with Crippen molar-refractivity contribution in [2.75, 3.05) is 19.8 Å². The molecule has 4 saturated heterocycles. The molecule has 22 nitrogen and oxygen atoms in total.